The molecule has 1 amide bonds. The fourth-order valence-electron chi connectivity index (χ4n) is 1.49. The van der Waals surface area contributed by atoms with Gasteiger partial charge < -0.3 is 15.6 Å². The lowest BCUT2D eigenvalue weighted by Crippen LogP contribution is -2.19. The summed E-state index contributed by atoms with van der Waals surface area (Å²) in [4.78, 5) is 14.9. The normalized spacial score (nSPS) is 10.6. The zero-order chi connectivity index (χ0) is 14.4. The van der Waals surface area contributed by atoms with Crippen LogP contribution in [-0.4, -0.2) is 23.8 Å². The number of carbonyl (C=O) groups excluding carboxylic acids is 1. The van der Waals surface area contributed by atoms with Crippen LogP contribution in [0.2, 0.25) is 0 Å². The minimum absolute atomic E-state index is 0.138. The van der Waals surface area contributed by atoms with E-state index in [1.165, 1.54) is 0 Å². The molecular weight excluding hydrogens is 256 g/mol. The van der Waals surface area contributed by atoms with Crippen LogP contribution in [-0.2, 0) is 4.79 Å². The first-order chi connectivity index (χ1) is 9.63. The first kappa shape index (κ1) is 13.6. The number of hydrogen-bond donors (Lipinski definition) is 2. The van der Waals surface area contributed by atoms with Gasteiger partial charge >= 0.3 is 0 Å². The van der Waals surface area contributed by atoms with Gasteiger partial charge in [-0.05, 0) is 54.1 Å². The zero-order valence-electron chi connectivity index (χ0n) is 10.7. The van der Waals surface area contributed by atoms with E-state index in [1.54, 1.807) is 42.6 Å². The summed E-state index contributed by atoms with van der Waals surface area (Å²) in [5.74, 6) is 0.272. The number of carbonyl (C=O) groups is 1. The van der Waals surface area contributed by atoms with Crippen molar-refractivity contribution in [2.75, 3.05) is 6.61 Å². The van der Waals surface area contributed by atoms with Gasteiger partial charge in [-0.3, -0.25) is 9.79 Å². The molecule has 0 unspecified atom stereocenters. The van der Waals surface area contributed by atoms with E-state index < -0.39 is 5.91 Å². The molecule has 20 heavy (non-hydrogen) atoms. The molecule has 0 heterocycles. The summed E-state index contributed by atoms with van der Waals surface area (Å²) < 4.78 is 5.15. The predicted molar refractivity (Wildman–Crippen MR) is 76.5 cm³/mol. The van der Waals surface area contributed by atoms with E-state index in [-0.39, 0.29) is 12.4 Å². The fourth-order valence-corrected chi connectivity index (χ4v) is 1.49. The fraction of sp³-hybridized carbons (Fsp3) is 0.0667. The van der Waals surface area contributed by atoms with Gasteiger partial charge in [0.05, 0.1) is 5.69 Å². The second kappa shape index (κ2) is 6.38. The van der Waals surface area contributed by atoms with Crippen molar-refractivity contribution in [1.29, 1.82) is 0 Å². The van der Waals surface area contributed by atoms with Crippen LogP contribution in [0.15, 0.2) is 53.5 Å². The minimum Gasteiger partial charge on any atom is -0.508 e. The van der Waals surface area contributed by atoms with Crippen LogP contribution in [0.4, 0.5) is 5.69 Å². The van der Waals surface area contributed by atoms with Gasteiger partial charge in [0.15, 0.2) is 6.61 Å². The van der Waals surface area contributed by atoms with Gasteiger partial charge in [0.2, 0.25) is 0 Å². The summed E-state index contributed by atoms with van der Waals surface area (Å²) in [6.45, 7) is -0.138. The third kappa shape index (κ3) is 4.13. The third-order valence-corrected chi connectivity index (χ3v) is 2.47. The monoisotopic (exact) mass is 270 g/mol. The lowest BCUT2D eigenvalue weighted by molar-refractivity contribution is -0.119. The molecule has 3 N–H and O–H groups in total. The first-order valence-electron chi connectivity index (χ1n) is 5.98. The zero-order valence-corrected chi connectivity index (χ0v) is 10.7. The van der Waals surface area contributed by atoms with Crippen molar-refractivity contribution < 1.29 is 14.6 Å². The Morgan fingerprint density at radius 3 is 2.40 bits per heavy atom. The molecule has 0 saturated carbocycles. The van der Waals surface area contributed by atoms with Crippen molar-refractivity contribution in [2.24, 2.45) is 10.7 Å². The average molecular weight is 270 g/mol. The van der Waals surface area contributed by atoms with Crippen LogP contribution in [0, 0.1) is 0 Å². The van der Waals surface area contributed by atoms with Crippen LogP contribution in [0.1, 0.15) is 5.56 Å². The molecule has 2 aromatic carbocycles. The molecule has 0 aliphatic rings. The average Bonchev–Trinajstić information content (AvgIpc) is 2.45. The Morgan fingerprint density at radius 1 is 1.15 bits per heavy atom. The number of nitrogens with zero attached hydrogens (tertiary/aromatic N) is 1. The van der Waals surface area contributed by atoms with Crippen molar-refractivity contribution in [1.82, 2.24) is 0 Å². The first-order valence-corrected chi connectivity index (χ1v) is 5.98. The lowest BCUT2D eigenvalue weighted by atomic mass is 10.2. The van der Waals surface area contributed by atoms with E-state index in [9.17, 15) is 4.79 Å². The van der Waals surface area contributed by atoms with Gasteiger partial charge in [-0.1, -0.05) is 0 Å². The molecule has 5 nitrogen and oxygen atoms in total. The molecule has 0 fully saturated rings. The van der Waals surface area contributed by atoms with E-state index in [2.05, 4.69) is 4.99 Å². The van der Waals surface area contributed by atoms with Gasteiger partial charge in [0.1, 0.15) is 11.5 Å². The number of nitrogens with two attached hydrogens (primary N) is 1. The van der Waals surface area contributed by atoms with E-state index in [4.69, 9.17) is 15.6 Å². The standard InChI is InChI=1S/C15H14N2O3/c16-15(19)10-20-14-7-1-11(2-8-14)9-17-12-3-5-13(18)6-4-12/h1-9,18H,10H2,(H2,16,19). The summed E-state index contributed by atoms with van der Waals surface area (Å²) >= 11 is 0. The van der Waals surface area contributed by atoms with Crippen molar-refractivity contribution in [3.05, 3.63) is 54.1 Å². The lowest BCUT2D eigenvalue weighted by Gasteiger charge is -2.03. The number of aromatic hydroxyl groups is 1. The Bertz CT molecular complexity index is 604. The summed E-state index contributed by atoms with van der Waals surface area (Å²) in [6.07, 6.45) is 1.70. The maximum absolute atomic E-state index is 10.6. The molecule has 2 rings (SSSR count). The van der Waals surface area contributed by atoms with Crippen LogP contribution in [0.5, 0.6) is 11.5 Å². The third-order valence-electron chi connectivity index (χ3n) is 2.47. The van der Waals surface area contributed by atoms with E-state index in [1.807, 2.05) is 12.1 Å². The summed E-state index contributed by atoms with van der Waals surface area (Å²) in [5.41, 5.74) is 6.63. The van der Waals surface area contributed by atoms with Crippen LogP contribution >= 0.6 is 0 Å². The maximum Gasteiger partial charge on any atom is 0.255 e. The number of rotatable bonds is 5. The van der Waals surface area contributed by atoms with Gasteiger partial charge in [-0.2, -0.15) is 0 Å². The molecular formula is C15H14N2O3. The van der Waals surface area contributed by atoms with E-state index >= 15 is 0 Å². The molecule has 0 aliphatic heterocycles. The number of primary amides is 1. The summed E-state index contributed by atoms with van der Waals surface area (Å²) in [6, 6.07) is 13.7. The molecule has 0 saturated heterocycles. The van der Waals surface area contributed by atoms with Crippen molar-refractivity contribution in [3.63, 3.8) is 0 Å². The second-order valence-electron chi connectivity index (χ2n) is 4.10. The second-order valence-corrected chi connectivity index (χ2v) is 4.10. The highest BCUT2D eigenvalue weighted by molar-refractivity contribution is 5.82. The van der Waals surface area contributed by atoms with Crippen LogP contribution < -0.4 is 10.5 Å². The van der Waals surface area contributed by atoms with Crippen molar-refractivity contribution >= 4 is 17.8 Å². The van der Waals surface area contributed by atoms with E-state index in [0.717, 1.165) is 11.3 Å². The molecule has 2 aromatic rings. The topological polar surface area (TPSA) is 84.9 Å². The van der Waals surface area contributed by atoms with Gasteiger partial charge in [0.25, 0.3) is 5.91 Å². The van der Waals surface area contributed by atoms with Crippen molar-refractivity contribution in [3.8, 4) is 11.5 Å². The molecule has 0 atom stereocenters. The number of phenolic OH excluding ortho intramolecular Hbond substituents is 1. The minimum atomic E-state index is -0.511. The summed E-state index contributed by atoms with van der Waals surface area (Å²) in [5, 5.41) is 9.16. The van der Waals surface area contributed by atoms with Crippen LogP contribution in [0.3, 0.4) is 0 Å². The molecule has 0 spiro atoms. The number of benzene rings is 2. The van der Waals surface area contributed by atoms with Crippen LogP contribution in [0.25, 0.3) is 0 Å². The molecule has 5 heteroatoms. The van der Waals surface area contributed by atoms with Gasteiger partial charge in [-0.25, -0.2) is 0 Å². The number of aliphatic imine (C=N–C) groups is 1. The molecule has 0 radical (unpaired) electrons. The maximum atomic E-state index is 10.6. The summed E-state index contributed by atoms with van der Waals surface area (Å²) in [7, 11) is 0. The smallest absolute Gasteiger partial charge is 0.255 e. The number of hydrogen-bond acceptors (Lipinski definition) is 4. The SMILES string of the molecule is NC(=O)COc1ccc(C=Nc2ccc(O)cc2)cc1. The Hall–Kier alpha value is -2.82. The molecule has 0 aliphatic carbocycles. The highest BCUT2D eigenvalue weighted by Gasteiger charge is 1.97. The van der Waals surface area contributed by atoms with Gasteiger partial charge in [-0.15, -0.1) is 0 Å². The van der Waals surface area contributed by atoms with Gasteiger partial charge in [0, 0.05) is 6.21 Å². The molecule has 0 aromatic heterocycles. The molecule has 0 bridgehead atoms. The highest BCUT2D eigenvalue weighted by Crippen LogP contribution is 2.17. The number of ether oxygens (including phenoxy) is 1. The quantitative estimate of drug-likeness (QED) is 0.815. The molecule has 102 valence electrons. The largest absolute Gasteiger partial charge is 0.508 e. The number of phenols is 1. The Kier molecular flexibility index (Phi) is 4.34. The highest BCUT2D eigenvalue weighted by atomic mass is 16.5. The van der Waals surface area contributed by atoms with E-state index in [0.29, 0.717) is 5.75 Å². The van der Waals surface area contributed by atoms with Crippen molar-refractivity contribution in [2.45, 2.75) is 0 Å². The predicted octanol–water partition coefficient (Wildman–Crippen LogP) is 2.01. The Morgan fingerprint density at radius 2 is 1.80 bits per heavy atom. The number of amides is 1. The Labute approximate surface area is 116 Å². The Balaban J connectivity index is 1.99.